The lowest BCUT2D eigenvalue weighted by atomic mass is 10.0. The molecule has 5 nitrogen and oxygen atoms in total. The molecule has 6 heteroatoms. The summed E-state index contributed by atoms with van der Waals surface area (Å²) < 4.78 is 5.81. The van der Waals surface area contributed by atoms with Gasteiger partial charge in [-0.25, -0.2) is 0 Å². The van der Waals surface area contributed by atoms with Crippen LogP contribution in [0.4, 0.5) is 5.82 Å². The molecule has 1 aliphatic rings. The van der Waals surface area contributed by atoms with Gasteiger partial charge in [-0.1, -0.05) is 29.8 Å². The SMILES string of the molecule is C[C@H](COc1ccccc1)NC1CCN(c2ccc(Cl)nn2)CC1. The molecule has 0 amide bonds. The number of ether oxygens (including phenoxy) is 1. The zero-order valence-electron chi connectivity index (χ0n) is 13.9. The maximum Gasteiger partial charge on any atom is 0.151 e. The molecule has 0 saturated carbocycles. The fourth-order valence-corrected chi connectivity index (χ4v) is 3.04. The van der Waals surface area contributed by atoms with Crippen molar-refractivity contribution < 1.29 is 4.74 Å². The van der Waals surface area contributed by atoms with Crippen LogP contribution in [0.25, 0.3) is 0 Å². The Labute approximate surface area is 148 Å². The van der Waals surface area contributed by atoms with E-state index in [4.69, 9.17) is 16.3 Å². The Hall–Kier alpha value is -1.85. The maximum absolute atomic E-state index is 5.81. The second kappa shape index (κ2) is 8.31. The number of rotatable bonds is 6. The van der Waals surface area contributed by atoms with Crippen LogP contribution in [0, 0.1) is 0 Å². The smallest absolute Gasteiger partial charge is 0.151 e. The highest BCUT2D eigenvalue weighted by atomic mass is 35.5. The van der Waals surface area contributed by atoms with Crippen LogP contribution in [0.5, 0.6) is 5.75 Å². The maximum atomic E-state index is 5.81. The fraction of sp³-hybridized carbons (Fsp3) is 0.444. The van der Waals surface area contributed by atoms with Gasteiger partial charge in [-0.15, -0.1) is 10.2 Å². The molecule has 0 aliphatic carbocycles. The zero-order chi connectivity index (χ0) is 16.8. The van der Waals surface area contributed by atoms with E-state index in [1.807, 2.05) is 36.4 Å². The summed E-state index contributed by atoms with van der Waals surface area (Å²) in [5.41, 5.74) is 0. The molecule has 0 radical (unpaired) electrons. The van der Waals surface area contributed by atoms with Crippen molar-refractivity contribution in [2.45, 2.75) is 31.8 Å². The van der Waals surface area contributed by atoms with Gasteiger partial charge >= 0.3 is 0 Å². The van der Waals surface area contributed by atoms with E-state index in [-0.39, 0.29) is 0 Å². The first kappa shape index (κ1) is 17.0. The van der Waals surface area contributed by atoms with Crippen LogP contribution in [-0.4, -0.2) is 42.0 Å². The topological polar surface area (TPSA) is 50.3 Å². The van der Waals surface area contributed by atoms with E-state index in [1.54, 1.807) is 6.07 Å². The third-order valence-electron chi connectivity index (χ3n) is 4.20. The minimum Gasteiger partial charge on any atom is -0.492 e. The van der Waals surface area contributed by atoms with Crippen LogP contribution in [0.3, 0.4) is 0 Å². The lowest BCUT2D eigenvalue weighted by molar-refractivity contribution is 0.251. The van der Waals surface area contributed by atoms with Gasteiger partial charge in [0.25, 0.3) is 0 Å². The third kappa shape index (κ3) is 4.82. The number of halogens is 1. The number of benzene rings is 1. The van der Waals surface area contributed by atoms with E-state index in [1.165, 1.54) is 0 Å². The number of hydrogen-bond acceptors (Lipinski definition) is 5. The van der Waals surface area contributed by atoms with Crippen LogP contribution >= 0.6 is 11.6 Å². The Kier molecular flexibility index (Phi) is 5.88. The van der Waals surface area contributed by atoms with Crippen molar-refractivity contribution in [3.05, 3.63) is 47.6 Å². The average molecular weight is 347 g/mol. The number of nitrogens with one attached hydrogen (secondary N) is 1. The van der Waals surface area contributed by atoms with Crippen molar-refractivity contribution in [3.8, 4) is 5.75 Å². The molecular formula is C18H23ClN4O. The summed E-state index contributed by atoms with van der Waals surface area (Å²) >= 11 is 5.79. The largest absolute Gasteiger partial charge is 0.492 e. The summed E-state index contributed by atoms with van der Waals surface area (Å²) in [6, 6.07) is 14.5. The Balaban J connectivity index is 1.41. The van der Waals surface area contributed by atoms with Crippen LogP contribution in [0.15, 0.2) is 42.5 Å². The number of anilines is 1. The molecule has 1 aliphatic heterocycles. The molecular weight excluding hydrogens is 324 g/mol. The molecule has 0 bridgehead atoms. The summed E-state index contributed by atoms with van der Waals surface area (Å²) in [5.74, 6) is 1.82. The van der Waals surface area contributed by atoms with E-state index < -0.39 is 0 Å². The lowest BCUT2D eigenvalue weighted by Crippen LogP contribution is -2.47. The Morgan fingerprint density at radius 2 is 1.92 bits per heavy atom. The van der Waals surface area contributed by atoms with Gasteiger partial charge in [-0.2, -0.15) is 0 Å². The standard InChI is InChI=1S/C18H23ClN4O/c1-14(13-24-16-5-3-2-4-6-16)20-15-9-11-23(12-10-15)18-8-7-17(19)21-22-18/h2-8,14-15,20H,9-13H2,1H3/t14-/m1/s1. The summed E-state index contributed by atoms with van der Waals surface area (Å²) in [4.78, 5) is 2.26. The van der Waals surface area contributed by atoms with Crippen LogP contribution in [-0.2, 0) is 0 Å². The van der Waals surface area contributed by atoms with E-state index in [2.05, 4.69) is 27.3 Å². The lowest BCUT2D eigenvalue weighted by Gasteiger charge is -2.34. The minimum absolute atomic E-state index is 0.317. The minimum atomic E-state index is 0.317. The summed E-state index contributed by atoms with van der Waals surface area (Å²) in [7, 11) is 0. The monoisotopic (exact) mass is 346 g/mol. The second-order valence-electron chi connectivity index (χ2n) is 6.17. The second-order valence-corrected chi connectivity index (χ2v) is 6.55. The van der Waals surface area contributed by atoms with E-state index in [9.17, 15) is 0 Å². The highest BCUT2D eigenvalue weighted by Gasteiger charge is 2.21. The van der Waals surface area contributed by atoms with E-state index in [0.717, 1.165) is 37.5 Å². The number of hydrogen-bond donors (Lipinski definition) is 1. The molecule has 0 unspecified atom stereocenters. The third-order valence-corrected chi connectivity index (χ3v) is 4.40. The van der Waals surface area contributed by atoms with Gasteiger partial charge < -0.3 is 15.0 Å². The van der Waals surface area contributed by atoms with E-state index >= 15 is 0 Å². The molecule has 2 aromatic rings. The fourth-order valence-electron chi connectivity index (χ4n) is 2.94. The van der Waals surface area contributed by atoms with Crippen LogP contribution in [0.2, 0.25) is 5.15 Å². The van der Waals surface area contributed by atoms with Crippen molar-refractivity contribution in [2.24, 2.45) is 0 Å². The first-order valence-corrected chi connectivity index (χ1v) is 8.76. The molecule has 128 valence electrons. The predicted octanol–water partition coefficient (Wildman–Crippen LogP) is 3.16. The quantitative estimate of drug-likeness (QED) is 0.870. The first-order chi connectivity index (χ1) is 11.7. The predicted molar refractivity (Wildman–Crippen MR) is 96.8 cm³/mol. The number of para-hydroxylation sites is 1. The zero-order valence-corrected chi connectivity index (χ0v) is 14.6. The molecule has 1 saturated heterocycles. The summed E-state index contributed by atoms with van der Waals surface area (Å²) in [6.45, 7) is 4.79. The number of piperidine rings is 1. The Morgan fingerprint density at radius 3 is 2.58 bits per heavy atom. The molecule has 0 spiro atoms. The van der Waals surface area contributed by atoms with Gasteiger partial charge in [0, 0.05) is 25.2 Å². The van der Waals surface area contributed by atoms with Gasteiger partial charge in [0.15, 0.2) is 11.0 Å². The Morgan fingerprint density at radius 1 is 1.17 bits per heavy atom. The van der Waals surface area contributed by atoms with Gasteiger partial charge in [-0.3, -0.25) is 0 Å². The number of aromatic nitrogens is 2. The number of nitrogens with zero attached hydrogens (tertiary/aromatic N) is 3. The Bertz CT molecular complexity index is 615. The summed E-state index contributed by atoms with van der Waals surface area (Å²) in [6.07, 6.45) is 2.17. The van der Waals surface area contributed by atoms with Gasteiger partial charge in [0.1, 0.15) is 12.4 Å². The van der Waals surface area contributed by atoms with Gasteiger partial charge in [0.05, 0.1) is 0 Å². The normalized spacial score (nSPS) is 16.8. The van der Waals surface area contributed by atoms with Gasteiger partial charge in [0.2, 0.25) is 0 Å². The molecule has 1 fully saturated rings. The van der Waals surface area contributed by atoms with Crippen molar-refractivity contribution in [2.75, 3.05) is 24.6 Å². The molecule has 1 N–H and O–H groups in total. The molecule has 2 heterocycles. The first-order valence-electron chi connectivity index (χ1n) is 8.39. The van der Waals surface area contributed by atoms with Crippen molar-refractivity contribution >= 4 is 17.4 Å². The summed E-state index contributed by atoms with van der Waals surface area (Å²) in [5, 5.41) is 12.2. The van der Waals surface area contributed by atoms with E-state index in [0.29, 0.717) is 23.8 Å². The van der Waals surface area contributed by atoms with Crippen molar-refractivity contribution in [1.29, 1.82) is 0 Å². The van der Waals surface area contributed by atoms with Crippen molar-refractivity contribution in [3.63, 3.8) is 0 Å². The van der Waals surface area contributed by atoms with Crippen molar-refractivity contribution in [1.82, 2.24) is 15.5 Å². The highest BCUT2D eigenvalue weighted by molar-refractivity contribution is 6.29. The molecule has 24 heavy (non-hydrogen) atoms. The molecule has 1 aromatic carbocycles. The molecule has 1 atom stereocenters. The highest BCUT2D eigenvalue weighted by Crippen LogP contribution is 2.18. The average Bonchev–Trinajstić information content (AvgIpc) is 2.62. The van der Waals surface area contributed by atoms with Gasteiger partial charge in [-0.05, 0) is 44.0 Å². The van der Waals surface area contributed by atoms with Crippen LogP contribution < -0.4 is 15.0 Å². The van der Waals surface area contributed by atoms with Crippen LogP contribution in [0.1, 0.15) is 19.8 Å². The molecule has 1 aromatic heterocycles. The molecule has 3 rings (SSSR count).